The molecule has 2 aromatic rings. The van der Waals surface area contributed by atoms with E-state index in [0.29, 0.717) is 11.4 Å². The second kappa shape index (κ2) is 6.23. The third kappa shape index (κ3) is 2.99. The van der Waals surface area contributed by atoms with Gasteiger partial charge >= 0.3 is 0 Å². The van der Waals surface area contributed by atoms with Crippen molar-refractivity contribution in [3.05, 3.63) is 47.8 Å². The van der Waals surface area contributed by atoms with Crippen LogP contribution in [-0.4, -0.2) is 58.9 Å². The Bertz CT molecular complexity index is 664. The second-order valence-corrected chi connectivity index (χ2v) is 5.65. The van der Waals surface area contributed by atoms with E-state index < -0.39 is 0 Å². The van der Waals surface area contributed by atoms with E-state index in [4.69, 9.17) is 0 Å². The van der Waals surface area contributed by atoms with Gasteiger partial charge in [-0.25, -0.2) is 9.97 Å². The van der Waals surface area contributed by atoms with Crippen molar-refractivity contribution < 1.29 is 4.79 Å². The largest absolute Gasteiger partial charge is 0.336 e. The van der Waals surface area contributed by atoms with Crippen molar-refractivity contribution in [2.45, 2.75) is 6.92 Å². The molecule has 0 radical (unpaired) electrons. The second-order valence-electron chi connectivity index (χ2n) is 5.65. The molecule has 3 rings (SSSR count). The summed E-state index contributed by atoms with van der Waals surface area (Å²) in [5.74, 6) is 0.693. The van der Waals surface area contributed by atoms with E-state index in [1.165, 1.54) is 0 Å². The van der Waals surface area contributed by atoms with Crippen molar-refractivity contribution in [1.29, 1.82) is 0 Å². The van der Waals surface area contributed by atoms with E-state index in [2.05, 4.69) is 21.9 Å². The number of aryl methyl sites for hydroxylation is 1. The van der Waals surface area contributed by atoms with Gasteiger partial charge in [0.2, 0.25) is 0 Å². The molecule has 2 heterocycles. The van der Waals surface area contributed by atoms with Crippen molar-refractivity contribution in [3.63, 3.8) is 0 Å². The Morgan fingerprint density at radius 2 is 1.77 bits per heavy atom. The molecule has 5 heteroatoms. The molecule has 0 atom stereocenters. The minimum absolute atomic E-state index is 0.0326. The van der Waals surface area contributed by atoms with Gasteiger partial charge in [-0.15, -0.1) is 0 Å². The van der Waals surface area contributed by atoms with Crippen LogP contribution in [0.4, 0.5) is 0 Å². The van der Waals surface area contributed by atoms with Crippen LogP contribution in [0.2, 0.25) is 0 Å². The fraction of sp³-hybridized carbons (Fsp3) is 0.353. The van der Waals surface area contributed by atoms with Gasteiger partial charge in [-0.05, 0) is 14.0 Å². The Morgan fingerprint density at radius 3 is 2.41 bits per heavy atom. The van der Waals surface area contributed by atoms with Crippen LogP contribution >= 0.6 is 0 Å². The van der Waals surface area contributed by atoms with Crippen molar-refractivity contribution in [3.8, 4) is 11.4 Å². The number of aromatic nitrogens is 2. The highest BCUT2D eigenvalue weighted by Crippen LogP contribution is 2.17. The molecule has 1 fully saturated rings. The number of benzene rings is 1. The number of piperazine rings is 1. The Morgan fingerprint density at radius 1 is 1.09 bits per heavy atom. The predicted molar refractivity (Wildman–Crippen MR) is 85.6 cm³/mol. The fourth-order valence-electron chi connectivity index (χ4n) is 2.58. The van der Waals surface area contributed by atoms with E-state index in [0.717, 1.165) is 37.4 Å². The molecule has 1 saturated heterocycles. The summed E-state index contributed by atoms with van der Waals surface area (Å²) >= 11 is 0. The van der Waals surface area contributed by atoms with Gasteiger partial charge in [0.15, 0.2) is 5.82 Å². The Balaban J connectivity index is 1.82. The van der Waals surface area contributed by atoms with Crippen LogP contribution in [0.5, 0.6) is 0 Å². The SMILES string of the molecule is Cc1nc(-c2ccccc2)ncc1C(=O)N1CCN(C)CC1. The van der Waals surface area contributed by atoms with Crippen molar-refractivity contribution in [2.24, 2.45) is 0 Å². The number of likely N-dealkylation sites (N-methyl/N-ethyl adjacent to an activating group) is 1. The monoisotopic (exact) mass is 296 g/mol. The van der Waals surface area contributed by atoms with Gasteiger partial charge in [0.1, 0.15) is 0 Å². The summed E-state index contributed by atoms with van der Waals surface area (Å²) in [6.07, 6.45) is 1.66. The molecule has 0 aliphatic carbocycles. The first-order valence-electron chi connectivity index (χ1n) is 7.52. The first kappa shape index (κ1) is 14.7. The lowest BCUT2D eigenvalue weighted by molar-refractivity contribution is 0.0662. The highest BCUT2D eigenvalue weighted by atomic mass is 16.2. The summed E-state index contributed by atoms with van der Waals surface area (Å²) in [6.45, 7) is 5.21. The lowest BCUT2D eigenvalue weighted by Gasteiger charge is -2.32. The van der Waals surface area contributed by atoms with Crippen LogP contribution in [0.1, 0.15) is 16.1 Å². The smallest absolute Gasteiger partial charge is 0.257 e. The third-order valence-electron chi connectivity index (χ3n) is 4.03. The molecule has 1 aliphatic rings. The van der Waals surface area contributed by atoms with Gasteiger partial charge < -0.3 is 9.80 Å². The van der Waals surface area contributed by atoms with Crippen molar-refractivity contribution in [1.82, 2.24) is 19.8 Å². The number of amides is 1. The van der Waals surface area contributed by atoms with Gasteiger partial charge in [0, 0.05) is 37.9 Å². The van der Waals surface area contributed by atoms with E-state index in [-0.39, 0.29) is 5.91 Å². The van der Waals surface area contributed by atoms with Gasteiger partial charge in [-0.3, -0.25) is 4.79 Å². The molecular formula is C17H20N4O. The minimum Gasteiger partial charge on any atom is -0.336 e. The average molecular weight is 296 g/mol. The number of hydrogen-bond donors (Lipinski definition) is 0. The summed E-state index contributed by atoms with van der Waals surface area (Å²) in [5, 5.41) is 0. The maximum atomic E-state index is 12.6. The molecule has 1 aromatic heterocycles. The zero-order chi connectivity index (χ0) is 15.5. The lowest BCUT2D eigenvalue weighted by Crippen LogP contribution is -2.47. The van der Waals surface area contributed by atoms with Crippen molar-refractivity contribution >= 4 is 5.91 Å². The third-order valence-corrected chi connectivity index (χ3v) is 4.03. The quantitative estimate of drug-likeness (QED) is 0.848. The Hall–Kier alpha value is -2.27. The summed E-state index contributed by atoms with van der Waals surface area (Å²) in [4.78, 5) is 25.6. The molecule has 1 aromatic carbocycles. The lowest BCUT2D eigenvalue weighted by atomic mass is 10.1. The highest BCUT2D eigenvalue weighted by Gasteiger charge is 2.22. The normalized spacial score (nSPS) is 15.8. The maximum absolute atomic E-state index is 12.6. The number of carbonyl (C=O) groups is 1. The number of hydrogen-bond acceptors (Lipinski definition) is 4. The summed E-state index contributed by atoms with van der Waals surface area (Å²) in [7, 11) is 2.07. The van der Waals surface area contributed by atoms with Crippen LogP contribution in [0.3, 0.4) is 0 Å². The molecule has 1 amide bonds. The first-order chi connectivity index (χ1) is 10.6. The van der Waals surface area contributed by atoms with Crippen LogP contribution in [0.15, 0.2) is 36.5 Å². The number of rotatable bonds is 2. The molecule has 0 unspecified atom stereocenters. The first-order valence-corrected chi connectivity index (χ1v) is 7.52. The predicted octanol–water partition coefficient (Wildman–Crippen LogP) is 1.84. The molecule has 0 N–H and O–H groups in total. The fourth-order valence-corrected chi connectivity index (χ4v) is 2.58. The molecule has 1 aliphatic heterocycles. The van der Waals surface area contributed by atoms with Crippen molar-refractivity contribution in [2.75, 3.05) is 33.2 Å². The molecule has 0 bridgehead atoms. The average Bonchev–Trinajstić information content (AvgIpc) is 2.56. The van der Waals surface area contributed by atoms with Gasteiger partial charge in [0.25, 0.3) is 5.91 Å². The number of nitrogens with zero attached hydrogens (tertiary/aromatic N) is 4. The zero-order valence-electron chi connectivity index (χ0n) is 13.0. The van der Waals surface area contributed by atoms with Crippen LogP contribution in [0, 0.1) is 6.92 Å². The highest BCUT2D eigenvalue weighted by molar-refractivity contribution is 5.95. The van der Waals surface area contributed by atoms with Gasteiger partial charge in [-0.2, -0.15) is 0 Å². The molecular weight excluding hydrogens is 276 g/mol. The summed E-state index contributed by atoms with van der Waals surface area (Å²) in [5.41, 5.74) is 2.30. The van der Waals surface area contributed by atoms with E-state index in [9.17, 15) is 4.79 Å². The minimum atomic E-state index is 0.0326. The Kier molecular flexibility index (Phi) is 4.15. The standard InChI is InChI=1S/C17H20N4O/c1-13-15(17(22)21-10-8-20(2)9-11-21)12-18-16(19-13)14-6-4-3-5-7-14/h3-7,12H,8-11H2,1-2H3. The molecule has 22 heavy (non-hydrogen) atoms. The summed E-state index contributed by atoms with van der Waals surface area (Å²) in [6, 6.07) is 9.81. The van der Waals surface area contributed by atoms with Crippen LogP contribution < -0.4 is 0 Å². The van der Waals surface area contributed by atoms with Crippen LogP contribution in [-0.2, 0) is 0 Å². The number of carbonyl (C=O) groups excluding carboxylic acids is 1. The zero-order valence-corrected chi connectivity index (χ0v) is 13.0. The molecule has 0 spiro atoms. The Labute approximate surface area is 130 Å². The van der Waals surface area contributed by atoms with E-state index in [1.807, 2.05) is 42.2 Å². The van der Waals surface area contributed by atoms with Gasteiger partial charge in [0.05, 0.1) is 11.3 Å². The molecule has 5 nitrogen and oxygen atoms in total. The van der Waals surface area contributed by atoms with E-state index >= 15 is 0 Å². The van der Waals surface area contributed by atoms with E-state index in [1.54, 1.807) is 6.20 Å². The van der Waals surface area contributed by atoms with Gasteiger partial charge in [-0.1, -0.05) is 30.3 Å². The maximum Gasteiger partial charge on any atom is 0.257 e. The molecule has 114 valence electrons. The topological polar surface area (TPSA) is 49.3 Å². The molecule has 0 saturated carbocycles. The summed E-state index contributed by atoms with van der Waals surface area (Å²) < 4.78 is 0. The van der Waals surface area contributed by atoms with Crippen LogP contribution in [0.25, 0.3) is 11.4 Å².